The Labute approximate surface area is 108 Å². The van der Waals surface area contributed by atoms with E-state index in [0.29, 0.717) is 18.3 Å². The molecule has 0 spiro atoms. The number of hydrogen-bond acceptors (Lipinski definition) is 2. The van der Waals surface area contributed by atoms with E-state index in [4.69, 9.17) is 0 Å². The molecule has 0 heterocycles. The van der Waals surface area contributed by atoms with Gasteiger partial charge < -0.3 is 10.2 Å². The Bertz CT molecular complexity index is 402. The fourth-order valence-corrected chi connectivity index (χ4v) is 5.31. The zero-order valence-electron chi connectivity index (χ0n) is 11.4. The number of carbonyl (C=O) groups is 1. The lowest BCUT2D eigenvalue weighted by molar-refractivity contribution is -0.0473. The summed E-state index contributed by atoms with van der Waals surface area (Å²) in [6, 6.07) is 0. The van der Waals surface area contributed by atoms with Gasteiger partial charge in [0.15, 0.2) is 0 Å². The van der Waals surface area contributed by atoms with Crippen molar-refractivity contribution in [3.05, 3.63) is 0 Å². The first-order valence-corrected chi connectivity index (χ1v) is 6.92. The Kier molecular flexibility index (Phi) is 2.19. The minimum absolute atomic E-state index is 0.304. The molecule has 0 aromatic carbocycles. The van der Waals surface area contributed by atoms with E-state index < -0.39 is 17.2 Å². The average Bonchev–Trinajstić information content (AvgIpc) is 2.43. The van der Waals surface area contributed by atoms with Gasteiger partial charge in [0.1, 0.15) is 0 Å². The Hall–Kier alpha value is -0.770. The third kappa shape index (κ3) is 1.44. The lowest BCUT2D eigenvalue weighted by atomic mass is 9.76. The molecule has 4 atom stereocenters. The molecule has 4 aliphatic carbocycles. The maximum Gasteiger partial charge on any atom is 0.408 e. The summed E-state index contributed by atoms with van der Waals surface area (Å²) in [7, 11) is 0. The third-order valence-electron chi connectivity index (χ3n) is 5.26. The number of hydrogen-bond donors (Lipinski definition) is 2. The predicted molar refractivity (Wildman–Crippen MR) is 67.4 cm³/mol. The van der Waals surface area contributed by atoms with Crippen molar-refractivity contribution in [2.24, 2.45) is 11.8 Å². The van der Waals surface area contributed by atoms with Crippen molar-refractivity contribution in [1.29, 1.82) is 0 Å². The van der Waals surface area contributed by atoms with Crippen LogP contribution in [0.1, 0.15) is 52.9 Å². The highest BCUT2D eigenvalue weighted by atomic mass is 16.4. The first kappa shape index (κ1) is 12.3. The summed E-state index contributed by atoms with van der Waals surface area (Å²) in [5.74, 6) is 0.878. The Morgan fingerprint density at radius 3 is 2.44 bits per heavy atom. The molecule has 4 fully saturated rings. The highest BCUT2D eigenvalue weighted by molar-refractivity contribution is 5.68. The molecule has 4 bridgehead atoms. The first-order chi connectivity index (χ1) is 8.16. The molecule has 4 unspecified atom stereocenters. The molecular formula is C14H23NO3. The van der Waals surface area contributed by atoms with E-state index in [0.717, 1.165) is 25.7 Å². The van der Waals surface area contributed by atoms with Gasteiger partial charge >= 0.3 is 6.09 Å². The summed E-state index contributed by atoms with van der Waals surface area (Å²) in [5, 5.41) is 20.2. The minimum atomic E-state index is -0.834. The van der Waals surface area contributed by atoms with Gasteiger partial charge in [0.2, 0.25) is 0 Å². The van der Waals surface area contributed by atoms with Crippen molar-refractivity contribution < 1.29 is 15.0 Å². The summed E-state index contributed by atoms with van der Waals surface area (Å²) in [4.78, 5) is 13.4. The number of carboxylic acid groups (broad SMARTS) is 1. The van der Waals surface area contributed by atoms with E-state index in [2.05, 4.69) is 0 Å². The normalized spacial score (nSPS) is 45.6. The van der Waals surface area contributed by atoms with Gasteiger partial charge in [-0.3, -0.25) is 4.90 Å². The molecule has 2 N–H and O–H groups in total. The van der Waals surface area contributed by atoms with Crippen LogP contribution in [-0.2, 0) is 0 Å². The van der Waals surface area contributed by atoms with Crippen LogP contribution in [0.5, 0.6) is 0 Å². The van der Waals surface area contributed by atoms with Crippen molar-refractivity contribution >= 4 is 6.09 Å². The second-order valence-corrected chi connectivity index (χ2v) is 7.70. The van der Waals surface area contributed by atoms with E-state index in [1.165, 1.54) is 0 Å². The van der Waals surface area contributed by atoms with Crippen LogP contribution in [0.15, 0.2) is 0 Å². The summed E-state index contributed by atoms with van der Waals surface area (Å²) < 4.78 is 0. The Morgan fingerprint density at radius 2 is 1.94 bits per heavy atom. The molecule has 102 valence electrons. The molecule has 1 amide bonds. The van der Waals surface area contributed by atoms with E-state index in [-0.39, 0.29) is 5.54 Å². The van der Waals surface area contributed by atoms with Gasteiger partial charge in [-0.15, -0.1) is 0 Å². The van der Waals surface area contributed by atoms with Crippen molar-refractivity contribution in [3.8, 4) is 0 Å². The zero-order valence-corrected chi connectivity index (χ0v) is 11.4. The lowest BCUT2D eigenvalue weighted by Gasteiger charge is -2.49. The second-order valence-electron chi connectivity index (χ2n) is 7.70. The topological polar surface area (TPSA) is 60.8 Å². The predicted octanol–water partition coefficient (Wildman–Crippen LogP) is 2.46. The molecule has 0 saturated heterocycles. The monoisotopic (exact) mass is 253 g/mol. The van der Waals surface area contributed by atoms with Gasteiger partial charge in [-0.25, -0.2) is 4.79 Å². The number of nitrogens with zero attached hydrogens (tertiary/aromatic N) is 1. The zero-order chi connectivity index (χ0) is 13.3. The van der Waals surface area contributed by atoms with Crippen LogP contribution in [0.25, 0.3) is 0 Å². The molecular weight excluding hydrogens is 230 g/mol. The maximum absolute atomic E-state index is 11.7. The highest BCUT2D eigenvalue weighted by Crippen LogP contribution is 2.65. The smallest absolute Gasteiger partial charge is 0.408 e. The molecule has 0 aromatic rings. The molecule has 4 rings (SSSR count). The molecule has 4 saturated carbocycles. The van der Waals surface area contributed by atoms with E-state index in [1.54, 1.807) is 4.90 Å². The van der Waals surface area contributed by atoms with Crippen molar-refractivity contribution in [1.82, 2.24) is 4.90 Å². The summed E-state index contributed by atoms with van der Waals surface area (Å²) in [5.41, 5.74) is -1.30. The van der Waals surface area contributed by atoms with E-state index >= 15 is 0 Å². The molecule has 4 aliphatic rings. The quantitative estimate of drug-likeness (QED) is 0.754. The fraction of sp³-hybridized carbons (Fsp3) is 0.929. The van der Waals surface area contributed by atoms with E-state index in [9.17, 15) is 15.0 Å². The van der Waals surface area contributed by atoms with Gasteiger partial charge in [-0.2, -0.15) is 0 Å². The van der Waals surface area contributed by atoms with Gasteiger partial charge in [0.25, 0.3) is 0 Å². The highest BCUT2D eigenvalue weighted by Gasteiger charge is 2.67. The molecule has 4 nitrogen and oxygen atoms in total. The van der Waals surface area contributed by atoms with Gasteiger partial charge in [0, 0.05) is 5.54 Å². The fourth-order valence-electron chi connectivity index (χ4n) is 5.31. The standard InChI is InChI=1S/C14H23NO3/c1-12(2,3)15(11(16)17)14-6-9-4-10(14)7-13(18,5-9)8-14/h9-10,18H,4-8H2,1-3H3,(H,16,17). The van der Waals surface area contributed by atoms with Crippen LogP contribution in [-0.4, -0.2) is 37.9 Å². The number of aliphatic hydroxyl groups is 1. The second kappa shape index (κ2) is 3.21. The van der Waals surface area contributed by atoms with Gasteiger partial charge in [-0.1, -0.05) is 0 Å². The number of rotatable bonds is 1. The lowest BCUT2D eigenvalue weighted by Crippen LogP contribution is -2.61. The van der Waals surface area contributed by atoms with Crippen LogP contribution in [0, 0.1) is 11.8 Å². The van der Waals surface area contributed by atoms with Gasteiger partial charge in [0.05, 0.1) is 11.1 Å². The van der Waals surface area contributed by atoms with Crippen LogP contribution in [0.4, 0.5) is 4.79 Å². The molecule has 0 aliphatic heterocycles. The minimum Gasteiger partial charge on any atom is -0.465 e. The first-order valence-electron chi connectivity index (χ1n) is 6.92. The molecule has 0 radical (unpaired) electrons. The summed E-state index contributed by atoms with van der Waals surface area (Å²) >= 11 is 0. The van der Waals surface area contributed by atoms with Crippen molar-refractivity contribution in [2.45, 2.75) is 69.6 Å². The Morgan fingerprint density at radius 1 is 1.28 bits per heavy atom. The van der Waals surface area contributed by atoms with Crippen molar-refractivity contribution in [3.63, 3.8) is 0 Å². The van der Waals surface area contributed by atoms with Crippen LogP contribution >= 0.6 is 0 Å². The van der Waals surface area contributed by atoms with Crippen LogP contribution in [0.3, 0.4) is 0 Å². The van der Waals surface area contributed by atoms with Crippen LogP contribution in [0.2, 0.25) is 0 Å². The number of amides is 1. The third-order valence-corrected chi connectivity index (χ3v) is 5.26. The summed E-state index contributed by atoms with van der Waals surface area (Å²) in [6.45, 7) is 5.87. The molecule has 18 heavy (non-hydrogen) atoms. The molecule has 0 aromatic heterocycles. The largest absolute Gasteiger partial charge is 0.465 e. The SMILES string of the molecule is CC(C)(C)N(C(=O)O)C12CC3CC1CC(O)(C3)C2. The average molecular weight is 253 g/mol. The Balaban J connectivity index is 2.03. The van der Waals surface area contributed by atoms with Gasteiger partial charge in [-0.05, 0) is 64.7 Å². The van der Waals surface area contributed by atoms with Crippen molar-refractivity contribution in [2.75, 3.05) is 0 Å². The molecule has 4 heteroatoms. The maximum atomic E-state index is 11.7. The van der Waals surface area contributed by atoms with Crippen LogP contribution < -0.4 is 0 Å². The summed E-state index contributed by atoms with van der Waals surface area (Å²) in [6.07, 6.45) is 3.53. The van der Waals surface area contributed by atoms with E-state index in [1.807, 2.05) is 20.8 Å².